The van der Waals surface area contributed by atoms with Gasteiger partial charge < -0.3 is 10.4 Å². The van der Waals surface area contributed by atoms with Crippen LogP contribution in [0.25, 0.3) is 6.08 Å². The Bertz CT molecular complexity index is 531. The molecule has 1 amide bonds. The minimum absolute atomic E-state index is 0.124. The molecule has 1 saturated carbocycles. The Balaban J connectivity index is 1.70. The van der Waals surface area contributed by atoms with Crippen molar-refractivity contribution in [2.24, 2.45) is 11.8 Å². The molecule has 5 nitrogen and oxygen atoms in total. The van der Waals surface area contributed by atoms with E-state index in [2.05, 4.69) is 10.3 Å². The van der Waals surface area contributed by atoms with Crippen LogP contribution in [-0.4, -0.2) is 28.5 Å². The van der Waals surface area contributed by atoms with Crippen molar-refractivity contribution < 1.29 is 14.7 Å². The van der Waals surface area contributed by atoms with Gasteiger partial charge in [-0.1, -0.05) is 0 Å². The monoisotopic (exact) mass is 308 g/mol. The number of carbonyl (C=O) groups is 2. The maximum Gasteiger partial charge on any atom is 0.306 e. The molecule has 0 atom stereocenters. The Kier molecular flexibility index (Phi) is 5.50. The zero-order valence-electron chi connectivity index (χ0n) is 12.0. The van der Waals surface area contributed by atoms with Crippen LogP contribution >= 0.6 is 11.3 Å². The number of carbonyl (C=O) groups excluding carboxylic acids is 1. The first-order chi connectivity index (χ1) is 10.0. The molecule has 1 heterocycles. The number of carboxylic acids is 1. The number of hydrogen-bond donors (Lipinski definition) is 2. The van der Waals surface area contributed by atoms with Gasteiger partial charge in [0.2, 0.25) is 5.91 Å². The van der Waals surface area contributed by atoms with Crippen LogP contribution in [0.15, 0.2) is 11.5 Å². The summed E-state index contributed by atoms with van der Waals surface area (Å²) in [6.07, 6.45) is 6.36. The van der Waals surface area contributed by atoms with Gasteiger partial charge in [-0.15, -0.1) is 11.3 Å². The number of rotatable bonds is 5. The van der Waals surface area contributed by atoms with Gasteiger partial charge in [-0.3, -0.25) is 9.59 Å². The fourth-order valence-electron chi connectivity index (χ4n) is 2.54. The van der Waals surface area contributed by atoms with Gasteiger partial charge in [0.1, 0.15) is 0 Å². The molecule has 6 heteroatoms. The third kappa shape index (κ3) is 4.97. The number of aliphatic carboxylic acids is 1. The Morgan fingerprint density at radius 3 is 2.71 bits per heavy atom. The van der Waals surface area contributed by atoms with Gasteiger partial charge >= 0.3 is 5.97 Å². The van der Waals surface area contributed by atoms with Crippen molar-refractivity contribution in [3.05, 3.63) is 22.2 Å². The first kappa shape index (κ1) is 15.7. The molecule has 1 aromatic heterocycles. The Morgan fingerprint density at radius 2 is 2.14 bits per heavy atom. The predicted octanol–water partition coefficient (Wildman–Crippen LogP) is 2.47. The van der Waals surface area contributed by atoms with E-state index < -0.39 is 5.97 Å². The Hall–Kier alpha value is -1.69. The molecular formula is C15H20N2O3S. The van der Waals surface area contributed by atoms with Gasteiger partial charge in [0.25, 0.3) is 0 Å². The normalized spacial score (nSPS) is 22.3. The molecule has 0 aromatic carbocycles. The SMILES string of the molecule is Cc1nc(C=CC(=O)NCC2CCC(C(=O)O)CC2)cs1. The highest BCUT2D eigenvalue weighted by Crippen LogP contribution is 2.28. The lowest BCUT2D eigenvalue weighted by atomic mass is 9.82. The number of nitrogens with one attached hydrogen (secondary N) is 1. The van der Waals surface area contributed by atoms with Crippen LogP contribution in [0.2, 0.25) is 0 Å². The van der Waals surface area contributed by atoms with E-state index in [1.54, 1.807) is 17.4 Å². The number of hydrogen-bond acceptors (Lipinski definition) is 4. The molecule has 0 aliphatic heterocycles. The lowest BCUT2D eigenvalue weighted by Gasteiger charge is -2.25. The predicted molar refractivity (Wildman–Crippen MR) is 82.0 cm³/mol. The molecule has 21 heavy (non-hydrogen) atoms. The zero-order valence-corrected chi connectivity index (χ0v) is 12.9. The molecule has 0 bridgehead atoms. The smallest absolute Gasteiger partial charge is 0.306 e. The molecule has 0 unspecified atom stereocenters. The highest BCUT2D eigenvalue weighted by Gasteiger charge is 2.25. The largest absolute Gasteiger partial charge is 0.481 e. The number of amides is 1. The van der Waals surface area contributed by atoms with Gasteiger partial charge in [-0.25, -0.2) is 4.98 Å². The second kappa shape index (κ2) is 7.36. The highest BCUT2D eigenvalue weighted by atomic mass is 32.1. The van der Waals surface area contributed by atoms with E-state index in [1.165, 1.54) is 6.08 Å². The summed E-state index contributed by atoms with van der Waals surface area (Å²) >= 11 is 1.55. The van der Waals surface area contributed by atoms with Crippen LogP contribution in [0.1, 0.15) is 36.4 Å². The second-order valence-corrected chi connectivity index (χ2v) is 6.49. The van der Waals surface area contributed by atoms with E-state index in [1.807, 2.05) is 12.3 Å². The highest BCUT2D eigenvalue weighted by molar-refractivity contribution is 7.09. The van der Waals surface area contributed by atoms with Crippen molar-refractivity contribution >= 4 is 29.3 Å². The van der Waals surface area contributed by atoms with E-state index >= 15 is 0 Å². The average molecular weight is 308 g/mol. The molecule has 114 valence electrons. The van der Waals surface area contributed by atoms with Crippen molar-refractivity contribution in [2.45, 2.75) is 32.6 Å². The fourth-order valence-corrected chi connectivity index (χ4v) is 3.12. The first-order valence-electron chi connectivity index (χ1n) is 7.15. The van der Waals surface area contributed by atoms with E-state index in [4.69, 9.17) is 5.11 Å². The van der Waals surface area contributed by atoms with Crippen molar-refractivity contribution in [1.29, 1.82) is 0 Å². The van der Waals surface area contributed by atoms with Crippen LogP contribution in [-0.2, 0) is 9.59 Å². The standard InChI is InChI=1S/C15H20N2O3S/c1-10-17-13(9-21-10)6-7-14(18)16-8-11-2-4-12(5-3-11)15(19)20/h6-7,9,11-12H,2-5,8H2,1H3,(H,16,18)(H,19,20). The van der Waals surface area contributed by atoms with Gasteiger partial charge in [-0.05, 0) is 44.6 Å². The summed E-state index contributed by atoms with van der Waals surface area (Å²) in [5.74, 6) is -0.635. The van der Waals surface area contributed by atoms with Crippen LogP contribution in [0.3, 0.4) is 0 Å². The minimum Gasteiger partial charge on any atom is -0.481 e. The summed E-state index contributed by atoms with van der Waals surface area (Å²) in [4.78, 5) is 26.8. The van der Waals surface area contributed by atoms with Crippen molar-refractivity contribution in [3.63, 3.8) is 0 Å². The minimum atomic E-state index is -0.695. The molecule has 1 aliphatic rings. The molecule has 0 radical (unpaired) electrons. The van der Waals surface area contributed by atoms with Crippen molar-refractivity contribution in [3.8, 4) is 0 Å². The van der Waals surface area contributed by atoms with Crippen LogP contribution in [0.5, 0.6) is 0 Å². The number of thiazole rings is 1. The zero-order chi connectivity index (χ0) is 15.2. The summed E-state index contributed by atoms with van der Waals surface area (Å²) < 4.78 is 0. The molecular weight excluding hydrogens is 288 g/mol. The van der Waals surface area contributed by atoms with Crippen LogP contribution in [0, 0.1) is 18.8 Å². The van der Waals surface area contributed by atoms with Crippen LogP contribution < -0.4 is 5.32 Å². The third-order valence-electron chi connectivity index (χ3n) is 3.80. The van der Waals surface area contributed by atoms with Gasteiger partial charge in [0.15, 0.2) is 0 Å². The quantitative estimate of drug-likeness (QED) is 0.819. The fraction of sp³-hybridized carbons (Fsp3) is 0.533. The van der Waals surface area contributed by atoms with Crippen molar-refractivity contribution in [2.75, 3.05) is 6.54 Å². The molecule has 1 fully saturated rings. The first-order valence-corrected chi connectivity index (χ1v) is 8.03. The van der Waals surface area contributed by atoms with E-state index in [-0.39, 0.29) is 11.8 Å². The van der Waals surface area contributed by atoms with E-state index in [0.29, 0.717) is 25.3 Å². The molecule has 0 spiro atoms. The van der Waals surface area contributed by atoms with Gasteiger partial charge in [-0.2, -0.15) is 0 Å². The molecule has 2 rings (SSSR count). The number of nitrogens with zero attached hydrogens (tertiary/aromatic N) is 1. The van der Waals surface area contributed by atoms with Crippen LogP contribution in [0.4, 0.5) is 0 Å². The topological polar surface area (TPSA) is 79.3 Å². The maximum absolute atomic E-state index is 11.7. The Labute approximate surface area is 128 Å². The number of carboxylic acid groups (broad SMARTS) is 1. The third-order valence-corrected chi connectivity index (χ3v) is 4.59. The van der Waals surface area contributed by atoms with Crippen molar-refractivity contribution in [1.82, 2.24) is 10.3 Å². The Morgan fingerprint density at radius 1 is 1.43 bits per heavy atom. The molecule has 1 aliphatic carbocycles. The second-order valence-electron chi connectivity index (χ2n) is 5.43. The molecule has 2 N–H and O–H groups in total. The number of aryl methyl sites for hydroxylation is 1. The molecule has 0 saturated heterocycles. The maximum atomic E-state index is 11.7. The lowest BCUT2D eigenvalue weighted by molar-refractivity contribution is -0.143. The van der Waals surface area contributed by atoms with Gasteiger partial charge in [0.05, 0.1) is 16.6 Å². The van der Waals surface area contributed by atoms with Gasteiger partial charge in [0, 0.05) is 18.0 Å². The van der Waals surface area contributed by atoms with E-state index in [0.717, 1.165) is 23.5 Å². The summed E-state index contributed by atoms with van der Waals surface area (Å²) in [6.45, 7) is 2.54. The lowest BCUT2D eigenvalue weighted by Crippen LogP contribution is -2.31. The summed E-state index contributed by atoms with van der Waals surface area (Å²) in [5.41, 5.74) is 0.801. The summed E-state index contributed by atoms with van der Waals surface area (Å²) in [6, 6.07) is 0. The summed E-state index contributed by atoms with van der Waals surface area (Å²) in [5, 5.41) is 14.7. The number of aromatic nitrogens is 1. The molecule has 1 aromatic rings. The summed E-state index contributed by atoms with van der Waals surface area (Å²) in [7, 11) is 0. The van der Waals surface area contributed by atoms with E-state index in [9.17, 15) is 9.59 Å². The average Bonchev–Trinajstić information content (AvgIpc) is 2.89.